The molecule has 0 saturated heterocycles. The molecule has 0 saturated carbocycles. The van der Waals surface area contributed by atoms with Crippen LogP contribution in [0.4, 0.5) is 0 Å². The van der Waals surface area contributed by atoms with E-state index < -0.39 is 0 Å². The number of esters is 1. The van der Waals surface area contributed by atoms with E-state index in [4.69, 9.17) is 14.2 Å². The van der Waals surface area contributed by atoms with Gasteiger partial charge in [-0.05, 0) is 43.5 Å². The summed E-state index contributed by atoms with van der Waals surface area (Å²) in [5, 5.41) is 0. The van der Waals surface area contributed by atoms with Crippen LogP contribution in [0.25, 0.3) is 0 Å². The predicted octanol–water partition coefficient (Wildman–Crippen LogP) is 3.89. The molecule has 1 aliphatic heterocycles. The highest BCUT2D eigenvalue weighted by atomic mass is 16.5. The van der Waals surface area contributed by atoms with E-state index in [0.717, 1.165) is 23.3 Å². The maximum absolute atomic E-state index is 11.9. The van der Waals surface area contributed by atoms with Gasteiger partial charge in [-0.1, -0.05) is 25.1 Å². The van der Waals surface area contributed by atoms with E-state index >= 15 is 0 Å². The molecule has 1 heterocycles. The van der Waals surface area contributed by atoms with Crippen LogP contribution >= 0.6 is 0 Å². The van der Waals surface area contributed by atoms with Crippen molar-refractivity contribution in [1.82, 2.24) is 0 Å². The van der Waals surface area contributed by atoms with Gasteiger partial charge in [0, 0.05) is 6.42 Å². The lowest BCUT2D eigenvalue weighted by Crippen LogP contribution is -2.32. The molecule has 23 heavy (non-hydrogen) atoms. The number of cyclic esters (lactones) is 1. The lowest BCUT2D eigenvalue weighted by Gasteiger charge is -2.28. The number of ether oxygens (including phenoxy) is 3. The van der Waals surface area contributed by atoms with Gasteiger partial charge < -0.3 is 14.2 Å². The van der Waals surface area contributed by atoms with Gasteiger partial charge in [0.25, 0.3) is 0 Å². The molecule has 0 N–H and O–H groups in total. The van der Waals surface area contributed by atoms with Crippen LogP contribution in [-0.2, 0) is 20.9 Å². The monoisotopic (exact) mass is 318 g/mol. The standard InChI is InChI=1S/C19H26O4/c1-5-16-10-13(2)18(23-19(16)20)11-14(3)22-12-15-6-8-17(21-4)9-7-15/h6-10,14,16,18H,5,11-12H2,1-4H3/t14-,16-,18-/m0/s1. The summed E-state index contributed by atoms with van der Waals surface area (Å²) >= 11 is 0. The summed E-state index contributed by atoms with van der Waals surface area (Å²) in [6.07, 6.45) is 3.34. The first-order valence-corrected chi connectivity index (χ1v) is 8.16. The van der Waals surface area contributed by atoms with Crippen molar-refractivity contribution in [2.24, 2.45) is 5.92 Å². The van der Waals surface area contributed by atoms with Crippen molar-refractivity contribution in [3.63, 3.8) is 0 Å². The zero-order valence-corrected chi connectivity index (χ0v) is 14.4. The van der Waals surface area contributed by atoms with E-state index in [1.165, 1.54) is 0 Å². The van der Waals surface area contributed by atoms with Crippen LogP contribution in [0.1, 0.15) is 39.2 Å². The van der Waals surface area contributed by atoms with Gasteiger partial charge in [0.2, 0.25) is 0 Å². The van der Waals surface area contributed by atoms with Crippen LogP contribution < -0.4 is 4.74 Å². The molecule has 4 nitrogen and oxygen atoms in total. The Morgan fingerprint density at radius 1 is 1.26 bits per heavy atom. The number of carbonyl (C=O) groups is 1. The molecule has 1 aromatic rings. The lowest BCUT2D eigenvalue weighted by molar-refractivity contribution is -0.154. The minimum Gasteiger partial charge on any atom is -0.497 e. The topological polar surface area (TPSA) is 44.8 Å². The SMILES string of the molecule is CC[C@H]1C=C(C)[C@H](C[C@H](C)OCc2ccc(OC)cc2)OC1=O. The number of hydrogen-bond acceptors (Lipinski definition) is 4. The molecule has 0 amide bonds. The third-order valence-electron chi connectivity index (χ3n) is 4.21. The van der Waals surface area contributed by atoms with Crippen LogP contribution in [0.5, 0.6) is 5.75 Å². The number of benzene rings is 1. The van der Waals surface area contributed by atoms with Crippen LogP contribution in [-0.4, -0.2) is 25.3 Å². The molecule has 0 aromatic heterocycles. The first-order valence-electron chi connectivity index (χ1n) is 8.16. The van der Waals surface area contributed by atoms with Crippen LogP contribution in [0, 0.1) is 5.92 Å². The molecule has 4 heteroatoms. The molecular weight excluding hydrogens is 292 g/mol. The van der Waals surface area contributed by atoms with E-state index in [1.54, 1.807) is 7.11 Å². The Labute approximate surface area is 138 Å². The van der Waals surface area contributed by atoms with E-state index in [-0.39, 0.29) is 24.1 Å². The highest BCUT2D eigenvalue weighted by Crippen LogP contribution is 2.25. The summed E-state index contributed by atoms with van der Waals surface area (Å²) in [5.74, 6) is 0.620. The Kier molecular flexibility index (Phi) is 6.22. The summed E-state index contributed by atoms with van der Waals surface area (Å²) in [6.45, 7) is 6.56. The van der Waals surface area contributed by atoms with E-state index in [1.807, 2.05) is 51.1 Å². The normalized spacial score (nSPS) is 22.3. The summed E-state index contributed by atoms with van der Waals surface area (Å²) in [7, 11) is 1.65. The van der Waals surface area contributed by atoms with Gasteiger partial charge >= 0.3 is 5.97 Å². The van der Waals surface area contributed by atoms with Crippen LogP contribution in [0.3, 0.4) is 0 Å². The van der Waals surface area contributed by atoms with E-state index in [2.05, 4.69) is 0 Å². The minimum atomic E-state index is -0.170. The molecule has 0 fully saturated rings. The molecule has 0 spiro atoms. The third-order valence-corrected chi connectivity index (χ3v) is 4.21. The molecule has 1 aliphatic rings. The molecule has 0 bridgehead atoms. The fraction of sp³-hybridized carbons (Fsp3) is 0.526. The first kappa shape index (κ1) is 17.5. The molecular formula is C19H26O4. The zero-order chi connectivity index (χ0) is 16.8. The van der Waals surface area contributed by atoms with Crippen molar-refractivity contribution in [3.8, 4) is 5.75 Å². The average Bonchev–Trinajstić information content (AvgIpc) is 2.56. The van der Waals surface area contributed by atoms with Gasteiger partial charge in [0.1, 0.15) is 11.9 Å². The number of rotatable bonds is 7. The second-order valence-corrected chi connectivity index (χ2v) is 6.06. The summed E-state index contributed by atoms with van der Waals surface area (Å²) in [6, 6.07) is 7.82. The molecule has 0 unspecified atom stereocenters. The second-order valence-electron chi connectivity index (χ2n) is 6.06. The van der Waals surface area contributed by atoms with Crippen LogP contribution in [0.15, 0.2) is 35.9 Å². The van der Waals surface area contributed by atoms with Crippen molar-refractivity contribution in [1.29, 1.82) is 0 Å². The largest absolute Gasteiger partial charge is 0.497 e. The average molecular weight is 318 g/mol. The van der Waals surface area contributed by atoms with Gasteiger partial charge in [0.05, 0.1) is 25.7 Å². The highest BCUT2D eigenvalue weighted by molar-refractivity contribution is 5.76. The Balaban J connectivity index is 1.84. The number of hydrogen-bond donors (Lipinski definition) is 0. The Bertz CT molecular complexity index is 547. The molecule has 1 aromatic carbocycles. The lowest BCUT2D eigenvalue weighted by atomic mass is 9.95. The minimum absolute atomic E-state index is 0.0106. The van der Waals surface area contributed by atoms with Crippen LogP contribution in [0.2, 0.25) is 0 Å². The molecule has 2 rings (SSSR count). The molecule has 3 atom stereocenters. The van der Waals surface area contributed by atoms with Gasteiger partial charge in [-0.3, -0.25) is 4.79 Å². The van der Waals surface area contributed by atoms with Gasteiger partial charge in [0.15, 0.2) is 0 Å². The number of carbonyl (C=O) groups excluding carboxylic acids is 1. The summed E-state index contributed by atoms with van der Waals surface area (Å²) in [4.78, 5) is 11.9. The summed E-state index contributed by atoms with van der Waals surface area (Å²) in [5.41, 5.74) is 2.22. The Morgan fingerprint density at radius 2 is 1.96 bits per heavy atom. The Morgan fingerprint density at radius 3 is 2.57 bits per heavy atom. The maximum atomic E-state index is 11.9. The third kappa shape index (κ3) is 4.83. The predicted molar refractivity (Wildman–Crippen MR) is 89.3 cm³/mol. The second kappa shape index (κ2) is 8.16. The van der Waals surface area contributed by atoms with Crippen molar-refractivity contribution in [2.45, 2.75) is 52.4 Å². The number of methoxy groups -OCH3 is 1. The Hall–Kier alpha value is -1.81. The highest BCUT2D eigenvalue weighted by Gasteiger charge is 2.28. The molecule has 126 valence electrons. The van der Waals surface area contributed by atoms with E-state index in [0.29, 0.717) is 13.0 Å². The quantitative estimate of drug-likeness (QED) is 0.565. The van der Waals surface area contributed by atoms with Crippen molar-refractivity contribution < 1.29 is 19.0 Å². The maximum Gasteiger partial charge on any atom is 0.313 e. The van der Waals surface area contributed by atoms with Crippen molar-refractivity contribution >= 4 is 5.97 Å². The zero-order valence-electron chi connectivity index (χ0n) is 14.4. The van der Waals surface area contributed by atoms with Crippen molar-refractivity contribution in [3.05, 3.63) is 41.5 Å². The first-order chi connectivity index (χ1) is 11.0. The molecule has 0 radical (unpaired) electrons. The smallest absolute Gasteiger partial charge is 0.313 e. The van der Waals surface area contributed by atoms with E-state index in [9.17, 15) is 4.79 Å². The van der Waals surface area contributed by atoms with Crippen molar-refractivity contribution in [2.75, 3.05) is 7.11 Å². The fourth-order valence-electron chi connectivity index (χ4n) is 2.66. The van der Waals surface area contributed by atoms with Gasteiger partial charge in [-0.25, -0.2) is 0 Å². The fourth-order valence-corrected chi connectivity index (χ4v) is 2.66. The molecule has 0 aliphatic carbocycles. The van der Waals surface area contributed by atoms with Gasteiger partial charge in [-0.15, -0.1) is 0 Å². The summed E-state index contributed by atoms with van der Waals surface area (Å²) < 4.78 is 16.6. The van der Waals surface area contributed by atoms with Gasteiger partial charge in [-0.2, -0.15) is 0 Å².